The number of carbonyl (C=O) groups is 2. The van der Waals surface area contributed by atoms with Gasteiger partial charge in [0.05, 0.1) is 18.7 Å². The lowest BCUT2D eigenvalue weighted by atomic mass is 9.95. The average Bonchev–Trinajstić information content (AvgIpc) is 3.05. The number of methoxy groups -OCH3 is 1. The fraction of sp³-hybridized carbons (Fsp3) is 0.0870. The van der Waals surface area contributed by atoms with Crippen molar-refractivity contribution < 1.29 is 19.4 Å². The Kier molecular flexibility index (Phi) is 4.83. The minimum absolute atomic E-state index is 0.0250. The molecule has 2 aromatic carbocycles. The first-order valence-electron chi connectivity index (χ1n) is 9.03. The molecule has 0 unspecified atom stereocenters. The van der Waals surface area contributed by atoms with E-state index in [1.54, 1.807) is 80.0 Å². The zero-order valence-electron chi connectivity index (χ0n) is 15.6. The van der Waals surface area contributed by atoms with Gasteiger partial charge in [-0.05, 0) is 29.8 Å². The summed E-state index contributed by atoms with van der Waals surface area (Å²) in [5.41, 5.74) is 1.15. The monoisotopic (exact) mass is 386 g/mol. The van der Waals surface area contributed by atoms with Crippen LogP contribution in [0, 0.1) is 0 Å². The van der Waals surface area contributed by atoms with Gasteiger partial charge in [0.1, 0.15) is 17.3 Å². The topological polar surface area (TPSA) is 79.7 Å². The summed E-state index contributed by atoms with van der Waals surface area (Å²) in [4.78, 5) is 31.4. The molecule has 1 amide bonds. The van der Waals surface area contributed by atoms with Gasteiger partial charge in [0.2, 0.25) is 0 Å². The smallest absolute Gasteiger partial charge is 0.301 e. The predicted octanol–water partition coefficient (Wildman–Crippen LogP) is 3.72. The minimum Gasteiger partial charge on any atom is -0.507 e. The number of aliphatic hydroxyl groups is 1. The summed E-state index contributed by atoms with van der Waals surface area (Å²) in [6.45, 7) is 0. The first kappa shape index (κ1) is 18.4. The molecule has 1 aliphatic heterocycles. The molecule has 0 saturated carbocycles. The van der Waals surface area contributed by atoms with Gasteiger partial charge in [-0.15, -0.1) is 0 Å². The molecule has 6 heteroatoms. The van der Waals surface area contributed by atoms with Crippen LogP contribution in [0.3, 0.4) is 0 Å². The molecule has 2 heterocycles. The Hall–Kier alpha value is -3.93. The van der Waals surface area contributed by atoms with Crippen LogP contribution >= 0.6 is 0 Å². The van der Waals surface area contributed by atoms with Gasteiger partial charge in [0.25, 0.3) is 5.78 Å². The third kappa shape index (κ3) is 3.25. The van der Waals surface area contributed by atoms with E-state index in [1.165, 1.54) is 4.90 Å². The quantitative estimate of drug-likeness (QED) is 0.420. The fourth-order valence-corrected chi connectivity index (χ4v) is 3.42. The first-order chi connectivity index (χ1) is 14.1. The molecule has 4 rings (SSSR count). The van der Waals surface area contributed by atoms with E-state index in [0.29, 0.717) is 22.7 Å². The van der Waals surface area contributed by atoms with Gasteiger partial charge >= 0.3 is 5.91 Å². The summed E-state index contributed by atoms with van der Waals surface area (Å²) in [5, 5.41) is 10.9. The van der Waals surface area contributed by atoms with Crippen molar-refractivity contribution in [3.8, 4) is 5.75 Å². The number of aromatic nitrogens is 1. The highest BCUT2D eigenvalue weighted by Crippen LogP contribution is 2.41. The Morgan fingerprint density at radius 3 is 2.28 bits per heavy atom. The Balaban J connectivity index is 1.93. The summed E-state index contributed by atoms with van der Waals surface area (Å²) in [7, 11) is 1.56. The van der Waals surface area contributed by atoms with Crippen LogP contribution in [-0.2, 0) is 9.59 Å². The number of rotatable bonds is 4. The van der Waals surface area contributed by atoms with Gasteiger partial charge in [-0.1, -0.05) is 48.5 Å². The van der Waals surface area contributed by atoms with Gasteiger partial charge in [0, 0.05) is 11.8 Å². The fourth-order valence-electron chi connectivity index (χ4n) is 3.42. The summed E-state index contributed by atoms with van der Waals surface area (Å²) in [6, 6.07) is 20.0. The van der Waals surface area contributed by atoms with Crippen LogP contribution in [0.2, 0.25) is 0 Å². The number of amides is 1. The number of aliphatic hydroxyl groups excluding tert-OH is 1. The van der Waals surface area contributed by atoms with Crippen molar-refractivity contribution in [2.24, 2.45) is 0 Å². The van der Waals surface area contributed by atoms with Crippen molar-refractivity contribution in [1.29, 1.82) is 0 Å². The van der Waals surface area contributed by atoms with E-state index in [4.69, 9.17) is 4.74 Å². The number of carbonyl (C=O) groups excluding carboxylic acids is 2. The van der Waals surface area contributed by atoms with Crippen LogP contribution in [0.15, 0.2) is 84.6 Å². The van der Waals surface area contributed by atoms with Crippen molar-refractivity contribution in [3.05, 3.63) is 95.7 Å². The predicted molar refractivity (Wildman–Crippen MR) is 108 cm³/mol. The molecule has 0 spiro atoms. The Morgan fingerprint density at radius 1 is 0.966 bits per heavy atom. The number of nitrogens with zero attached hydrogens (tertiary/aromatic N) is 2. The number of pyridine rings is 1. The van der Waals surface area contributed by atoms with Crippen molar-refractivity contribution in [2.75, 3.05) is 12.0 Å². The first-order valence-corrected chi connectivity index (χ1v) is 9.03. The standard InChI is InChI=1S/C23H18N2O4/c1-29-17-12-10-15(11-13-17)20-19(21(26)16-7-3-2-4-8-16)22(27)23(28)25(20)18-9-5-6-14-24-18/h2-14,20,26H,1H3/b21-19+/t20-/m0/s1. The van der Waals surface area contributed by atoms with Crippen LogP contribution in [-0.4, -0.2) is 28.9 Å². The lowest BCUT2D eigenvalue weighted by Gasteiger charge is -2.24. The number of anilines is 1. The number of benzene rings is 2. The second kappa shape index (κ2) is 7.59. The maximum Gasteiger partial charge on any atom is 0.301 e. The van der Waals surface area contributed by atoms with E-state index in [-0.39, 0.29) is 11.3 Å². The molecule has 1 atom stereocenters. The second-order valence-corrected chi connectivity index (χ2v) is 6.50. The molecular formula is C23H18N2O4. The van der Waals surface area contributed by atoms with Crippen molar-refractivity contribution in [2.45, 2.75) is 6.04 Å². The lowest BCUT2D eigenvalue weighted by Crippen LogP contribution is -2.30. The average molecular weight is 386 g/mol. The molecule has 1 saturated heterocycles. The highest BCUT2D eigenvalue weighted by molar-refractivity contribution is 6.51. The number of ketones is 1. The molecular weight excluding hydrogens is 368 g/mol. The van der Waals surface area contributed by atoms with Crippen molar-refractivity contribution in [1.82, 2.24) is 4.98 Å². The molecule has 3 aromatic rings. The lowest BCUT2D eigenvalue weighted by molar-refractivity contribution is -0.132. The van der Waals surface area contributed by atoms with E-state index in [0.717, 1.165) is 0 Å². The van der Waals surface area contributed by atoms with Gasteiger partial charge < -0.3 is 9.84 Å². The zero-order valence-corrected chi connectivity index (χ0v) is 15.6. The van der Waals surface area contributed by atoms with Crippen LogP contribution in [0.4, 0.5) is 5.82 Å². The van der Waals surface area contributed by atoms with E-state index in [1.807, 2.05) is 6.07 Å². The summed E-state index contributed by atoms with van der Waals surface area (Å²) in [5.74, 6) is -0.725. The second-order valence-electron chi connectivity index (χ2n) is 6.50. The maximum absolute atomic E-state index is 12.9. The molecule has 144 valence electrons. The molecule has 0 radical (unpaired) electrons. The Morgan fingerprint density at radius 2 is 1.66 bits per heavy atom. The van der Waals surface area contributed by atoms with E-state index >= 15 is 0 Å². The Labute approximate surface area is 167 Å². The third-order valence-corrected chi connectivity index (χ3v) is 4.82. The molecule has 6 nitrogen and oxygen atoms in total. The van der Waals surface area contributed by atoms with Gasteiger partial charge in [-0.25, -0.2) is 4.98 Å². The van der Waals surface area contributed by atoms with Crippen LogP contribution in [0.25, 0.3) is 5.76 Å². The zero-order chi connectivity index (χ0) is 20.4. The molecule has 1 aromatic heterocycles. The minimum atomic E-state index is -0.809. The number of hydrogen-bond donors (Lipinski definition) is 1. The van der Waals surface area contributed by atoms with Crippen molar-refractivity contribution in [3.63, 3.8) is 0 Å². The Bertz CT molecular complexity index is 1080. The van der Waals surface area contributed by atoms with E-state index in [2.05, 4.69) is 4.98 Å². The SMILES string of the molecule is COc1ccc([C@H]2/C(=C(\O)c3ccccc3)C(=O)C(=O)N2c2ccccn2)cc1. The summed E-state index contributed by atoms with van der Waals surface area (Å²) in [6.07, 6.45) is 1.55. The molecule has 0 aliphatic carbocycles. The van der Waals surface area contributed by atoms with Gasteiger partial charge in [0.15, 0.2) is 0 Å². The van der Waals surface area contributed by atoms with E-state index < -0.39 is 17.7 Å². The molecule has 1 fully saturated rings. The summed E-state index contributed by atoms with van der Waals surface area (Å²) >= 11 is 0. The maximum atomic E-state index is 12.9. The van der Waals surface area contributed by atoms with Gasteiger partial charge in [-0.3, -0.25) is 14.5 Å². The van der Waals surface area contributed by atoms with Crippen molar-refractivity contribution >= 4 is 23.3 Å². The number of hydrogen-bond acceptors (Lipinski definition) is 5. The third-order valence-electron chi connectivity index (χ3n) is 4.82. The molecule has 29 heavy (non-hydrogen) atoms. The molecule has 1 N–H and O–H groups in total. The van der Waals surface area contributed by atoms with E-state index in [9.17, 15) is 14.7 Å². The van der Waals surface area contributed by atoms with Crippen LogP contribution in [0.1, 0.15) is 17.2 Å². The normalized spacial score (nSPS) is 18.1. The molecule has 1 aliphatic rings. The largest absolute Gasteiger partial charge is 0.507 e. The van der Waals surface area contributed by atoms with Crippen LogP contribution < -0.4 is 9.64 Å². The highest BCUT2D eigenvalue weighted by atomic mass is 16.5. The number of ether oxygens (including phenoxy) is 1. The van der Waals surface area contributed by atoms with Gasteiger partial charge in [-0.2, -0.15) is 0 Å². The van der Waals surface area contributed by atoms with Crippen LogP contribution in [0.5, 0.6) is 5.75 Å². The highest BCUT2D eigenvalue weighted by Gasteiger charge is 2.47. The summed E-state index contributed by atoms with van der Waals surface area (Å²) < 4.78 is 5.21. The molecule has 0 bridgehead atoms. The number of Topliss-reactive ketones (excluding diaryl/α,β-unsaturated/α-hetero) is 1.